The van der Waals surface area contributed by atoms with Gasteiger partial charge in [0.2, 0.25) is 0 Å². The van der Waals surface area contributed by atoms with E-state index in [2.05, 4.69) is 0 Å². The number of pyridine rings is 1. The van der Waals surface area contributed by atoms with Gasteiger partial charge in [0.15, 0.2) is 0 Å². The van der Waals surface area contributed by atoms with Crippen molar-refractivity contribution in [2.75, 3.05) is 0 Å². The lowest BCUT2D eigenvalue weighted by atomic mass is 10.0. The molecular formula is C15H18N2O. The van der Waals surface area contributed by atoms with Gasteiger partial charge in [0.1, 0.15) is 0 Å². The van der Waals surface area contributed by atoms with E-state index in [1.165, 1.54) is 0 Å². The van der Waals surface area contributed by atoms with Crippen LogP contribution in [-0.2, 0) is 6.54 Å². The molecule has 0 saturated carbocycles. The summed E-state index contributed by atoms with van der Waals surface area (Å²) >= 11 is 0. The standard InChI is InChI=1S/C15H18N2O/c1-11-6-3-4-8-13(11)14(16)10-17-9-5-7-12(2)15(17)18/h3-9,14H,10,16H2,1-2H3. The van der Waals surface area contributed by atoms with E-state index in [-0.39, 0.29) is 11.6 Å². The van der Waals surface area contributed by atoms with Gasteiger partial charge in [-0.25, -0.2) is 0 Å². The molecule has 94 valence electrons. The number of nitrogens with zero attached hydrogens (tertiary/aromatic N) is 1. The molecule has 1 aromatic heterocycles. The monoisotopic (exact) mass is 242 g/mol. The molecule has 0 spiro atoms. The average molecular weight is 242 g/mol. The highest BCUT2D eigenvalue weighted by molar-refractivity contribution is 5.28. The quantitative estimate of drug-likeness (QED) is 0.896. The normalized spacial score (nSPS) is 12.4. The van der Waals surface area contributed by atoms with Gasteiger partial charge in [-0.15, -0.1) is 0 Å². The molecule has 0 fully saturated rings. The third-order valence-corrected chi connectivity index (χ3v) is 3.19. The molecule has 1 aromatic carbocycles. The van der Waals surface area contributed by atoms with Crippen molar-refractivity contribution in [2.45, 2.75) is 26.4 Å². The summed E-state index contributed by atoms with van der Waals surface area (Å²) in [5.74, 6) is 0. The summed E-state index contributed by atoms with van der Waals surface area (Å²) in [4.78, 5) is 11.9. The third-order valence-electron chi connectivity index (χ3n) is 3.19. The molecule has 3 heteroatoms. The van der Waals surface area contributed by atoms with Crippen molar-refractivity contribution in [2.24, 2.45) is 5.73 Å². The molecule has 0 radical (unpaired) electrons. The van der Waals surface area contributed by atoms with Crippen LogP contribution in [0.1, 0.15) is 22.7 Å². The number of hydrogen-bond donors (Lipinski definition) is 1. The second-order valence-electron chi connectivity index (χ2n) is 4.61. The maximum atomic E-state index is 11.9. The Morgan fingerprint density at radius 1 is 1.11 bits per heavy atom. The van der Waals surface area contributed by atoms with Gasteiger partial charge in [-0.2, -0.15) is 0 Å². The highest BCUT2D eigenvalue weighted by atomic mass is 16.1. The van der Waals surface area contributed by atoms with Gasteiger partial charge >= 0.3 is 0 Å². The molecule has 1 heterocycles. The van der Waals surface area contributed by atoms with E-state index in [0.717, 1.165) is 16.7 Å². The van der Waals surface area contributed by atoms with Gasteiger partial charge in [-0.1, -0.05) is 30.3 Å². The largest absolute Gasteiger partial charge is 0.322 e. The lowest BCUT2D eigenvalue weighted by molar-refractivity contribution is 0.558. The lowest BCUT2D eigenvalue weighted by Gasteiger charge is -2.16. The second kappa shape index (κ2) is 5.19. The van der Waals surface area contributed by atoms with E-state index in [1.54, 1.807) is 10.8 Å². The molecule has 2 N–H and O–H groups in total. The van der Waals surface area contributed by atoms with E-state index in [4.69, 9.17) is 5.73 Å². The van der Waals surface area contributed by atoms with Crippen LogP contribution >= 0.6 is 0 Å². The van der Waals surface area contributed by atoms with Crippen molar-refractivity contribution in [3.05, 3.63) is 69.6 Å². The Bertz CT molecular complexity index is 601. The number of nitrogens with two attached hydrogens (primary N) is 1. The molecular weight excluding hydrogens is 224 g/mol. The average Bonchev–Trinajstić information content (AvgIpc) is 2.35. The van der Waals surface area contributed by atoms with Crippen LogP contribution in [0.15, 0.2) is 47.4 Å². The summed E-state index contributed by atoms with van der Waals surface area (Å²) in [5, 5.41) is 0. The minimum Gasteiger partial charge on any atom is -0.322 e. The van der Waals surface area contributed by atoms with Crippen LogP contribution in [0, 0.1) is 13.8 Å². The summed E-state index contributed by atoms with van der Waals surface area (Å²) < 4.78 is 1.67. The molecule has 1 unspecified atom stereocenters. The zero-order chi connectivity index (χ0) is 13.1. The van der Waals surface area contributed by atoms with Crippen molar-refractivity contribution in [1.29, 1.82) is 0 Å². The first-order valence-electron chi connectivity index (χ1n) is 6.07. The van der Waals surface area contributed by atoms with Crippen LogP contribution < -0.4 is 11.3 Å². The van der Waals surface area contributed by atoms with Crippen molar-refractivity contribution in [3.63, 3.8) is 0 Å². The molecule has 0 bridgehead atoms. The number of aryl methyl sites for hydroxylation is 2. The smallest absolute Gasteiger partial charge is 0.253 e. The minimum absolute atomic E-state index is 0.0292. The van der Waals surface area contributed by atoms with Gasteiger partial charge in [-0.05, 0) is 31.0 Å². The van der Waals surface area contributed by atoms with Crippen molar-refractivity contribution >= 4 is 0 Å². The van der Waals surface area contributed by atoms with Crippen LogP contribution in [0.2, 0.25) is 0 Å². The maximum absolute atomic E-state index is 11.9. The maximum Gasteiger partial charge on any atom is 0.253 e. The highest BCUT2D eigenvalue weighted by Gasteiger charge is 2.10. The summed E-state index contributed by atoms with van der Waals surface area (Å²) in [6.45, 7) is 4.36. The second-order valence-corrected chi connectivity index (χ2v) is 4.61. The first kappa shape index (κ1) is 12.6. The molecule has 0 saturated heterocycles. The molecule has 2 aromatic rings. The summed E-state index contributed by atoms with van der Waals surface area (Å²) in [5.41, 5.74) is 9.21. The van der Waals surface area contributed by atoms with Gasteiger partial charge < -0.3 is 10.3 Å². The number of benzene rings is 1. The van der Waals surface area contributed by atoms with E-state index in [9.17, 15) is 4.79 Å². The highest BCUT2D eigenvalue weighted by Crippen LogP contribution is 2.16. The Balaban J connectivity index is 2.27. The van der Waals surface area contributed by atoms with Gasteiger partial charge in [-0.3, -0.25) is 4.79 Å². The summed E-state index contributed by atoms with van der Waals surface area (Å²) in [6, 6.07) is 11.5. The molecule has 18 heavy (non-hydrogen) atoms. The minimum atomic E-state index is -0.161. The Kier molecular flexibility index (Phi) is 3.63. The molecule has 0 aliphatic carbocycles. The van der Waals surface area contributed by atoms with Crippen LogP contribution in [0.25, 0.3) is 0 Å². The Morgan fingerprint density at radius 3 is 2.50 bits per heavy atom. The van der Waals surface area contributed by atoms with Crippen LogP contribution in [-0.4, -0.2) is 4.57 Å². The van der Waals surface area contributed by atoms with Crippen LogP contribution in [0.3, 0.4) is 0 Å². The van der Waals surface area contributed by atoms with Gasteiger partial charge in [0.25, 0.3) is 5.56 Å². The molecule has 3 nitrogen and oxygen atoms in total. The van der Waals surface area contributed by atoms with Gasteiger partial charge in [0, 0.05) is 24.3 Å². The first-order chi connectivity index (χ1) is 8.59. The fourth-order valence-corrected chi connectivity index (χ4v) is 2.11. The van der Waals surface area contributed by atoms with Crippen molar-refractivity contribution < 1.29 is 0 Å². The Hall–Kier alpha value is -1.87. The van der Waals surface area contributed by atoms with E-state index in [0.29, 0.717) is 6.54 Å². The zero-order valence-corrected chi connectivity index (χ0v) is 10.8. The summed E-state index contributed by atoms with van der Waals surface area (Å²) in [7, 11) is 0. The van der Waals surface area contributed by atoms with E-state index in [1.807, 2.05) is 50.2 Å². The summed E-state index contributed by atoms with van der Waals surface area (Å²) in [6.07, 6.45) is 1.79. The predicted molar refractivity (Wildman–Crippen MR) is 73.5 cm³/mol. The molecule has 2 rings (SSSR count). The topological polar surface area (TPSA) is 48.0 Å². The molecule has 0 aliphatic heterocycles. The zero-order valence-electron chi connectivity index (χ0n) is 10.8. The Morgan fingerprint density at radius 2 is 1.78 bits per heavy atom. The predicted octanol–water partition coefficient (Wildman–Crippen LogP) is 2.17. The number of rotatable bonds is 3. The SMILES string of the molecule is Cc1ccccc1C(N)Cn1cccc(C)c1=O. The molecule has 0 amide bonds. The first-order valence-corrected chi connectivity index (χ1v) is 6.07. The van der Waals surface area contributed by atoms with E-state index < -0.39 is 0 Å². The van der Waals surface area contributed by atoms with Crippen LogP contribution in [0.5, 0.6) is 0 Å². The fraction of sp³-hybridized carbons (Fsp3) is 0.267. The molecule has 1 atom stereocenters. The lowest BCUT2D eigenvalue weighted by Crippen LogP contribution is -2.27. The third kappa shape index (κ3) is 2.51. The number of aromatic nitrogens is 1. The number of hydrogen-bond acceptors (Lipinski definition) is 2. The molecule has 0 aliphatic rings. The van der Waals surface area contributed by atoms with Crippen molar-refractivity contribution in [3.8, 4) is 0 Å². The van der Waals surface area contributed by atoms with Crippen molar-refractivity contribution in [1.82, 2.24) is 4.57 Å². The van der Waals surface area contributed by atoms with E-state index >= 15 is 0 Å². The Labute approximate surface area is 107 Å². The fourth-order valence-electron chi connectivity index (χ4n) is 2.11. The van der Waals surface area contributed by atoms with Crippen LogP contribution in [0.4, 0.5) is 0 Å². The van der Waals surface area contributed by atoms with Gasteiger partial charge in [0.05, 0.1) is 0 Å².